The highest BCUT2D eigenvalue weighted by molar-refractivity contribution is 5.67. The summed E-state index contributed by atoms with van der Waals surface area (Å²) in [6.07, 6.45) is -2.66. The lowest BCUT2D eigenvalue weighted by atomic mass is 10.1. The molecule has 1 heterocycles. The van der Waals surface area contributed by atoms with E-state index in [0.29, 0.717) is 11.5 Å². The molecular formula is C45H53N5O10. The van der Waals surface area contributed by atoms with Gasteiger partial charge in [-0.15, -0.1) is 0 Å². The Kier molecular flexibility index (Phi) is 17.0. The van der Waals surface area contributed by atoms with E-state index in [4.69, 9.17) is 37.9 Å². The van der Waals surface area contributed by atoms with Crippen molar-refractivity contribution in [3.8, 4) is 23.3 Å². The molecule has 60 heavy (non-hydrogen) atoms. The number of nitrogens with zero attached hydrogens (tertiary/aromatic N) is 3. The standard InChI is InChI=1S/C45H53N5O10/c1-49(2)36-20-16-32(17-21-36)28-46-44(51)57-30-55-42(26-34-10-7-12-38(24-34)53-5)59-40-14-9-15-41(48-40)60-43(27-35-11-8-13-39(25-35)54-6)56-31-58-45(52)47-29-33-18-22-37(23-19-33)50(3)4/h7-25,42-43H,26-31H2,1-6H3,(H,46,51)(H,47,52). The maximum absolute atomic E-state index is 12.6. The Balaban J connectivity index is 1.20. The van der Waals surface area contributed by atoms with Crippen molar-refractivity contribution in [1.82, 2.24) is 15.6 Å². The van der Waals surface area contributed by atoms with Crippen molar-refractivity contribution in [3.63, 3.8) is 0 Å². The monoisotopic (exact) mass is 823 g/mol. The van der Waals surface area contributed by atoms with Crippen LogP contribution in [0.4, 0.5) is 21.0 Å². The number of aromatic nitrogens is 1. The molecule has 318 valence electrons. The van der Waals surface area contributed by atoms with Gasteiger partial charge in [-0.05, 0) is 70.8 Å². The van der Waals surface area contributed by atoms with E-state index in [-0.39, 0.29) is 37.7 Å². The molecule has 5 rings (SSSR count). The maximum atomic E-state index is 12.6. The highest BCUT2D eigenvalue weighted by atomic mass is 16.8. The molecule has 0 fully saturated rings. The van der Waals surface area contributed by atoms with Crippen molar-refractivity contribution >= 4 is 23.6 Å². The first kappa shape index (κ1) is 44.4. The maximum Gasteiger partial charge on any atom is 0.409 e. The summed E-state index contributed by atoms with van der Waals surface area (Å²) in [5, 5.41) is 5.46. The van der Waals surface area contributed by atoms with Crippen LogP contribution in [0.1, 0.15) is 22.3 Å². The molecule has 15 heteroatoms. The van der Waals surface area contributed by atoms with Gasteiger partial charge in [-0.2, -0.15) is 4.98 Å². The first-order valence-electron chi connectivity index (χ1n) is 19.2. The summed E-state index contributed by atoms with van der Waals surface area (Å²) < 4.78 is 45.7. The number of methoxy groups -OCH3 is 2. The van der Waals surface area contributed by atoms with Gasteiger partial charge in [0.05, 0.1) is 14.2 Å². The number of ether oxygens (including phenoxy) is 8. The second-order valence-electron chi connectivity index (χ2n) is 13.8. The van der Waals surface area contributed by atoms with Crippen molar-refractivity contribution in [1.29, 1.82) is 0 Å². The molecule has 0 aliphatic heterocycles. The van der Waals surface area contributed by atoms with E-state index in [2.05, 4.69) is 15.6 Å². The van der Waals surface area contributed by atoms with Crippen molar-refractivity contribution in [3.05, 3.63) is 138 Å². The normalized spacial score (nSPS) is 11.7. The molecule has 4 aromatic carbocycles. The van der Waals surface area contributed by atoms with E-state index < -0.39 is 38.4 Å². The number of anilines is 2. The van der Waals surface area contributed by atoms with Crippen LogP contribution in [0.2, 0.25) is 0 Å². The smallest absolute Gasteiger partial charge is 0.409 e. The molecule has 2 atom stereocenters. The van der Waals surface area contributed by atoms with E-state index in [1.807, 2.05) is 135 Å². The predicted molar refractivity (Wildman–Crippen MR) is 227 cm³/mol. The van der Waals surface area contributed by atoms with Crippen LogP contribution in [0.5, 0.6) is 23.3 Å². The van der Waals surface area contributed by atoms with Crippen molar-refractivity contribution in [2.24, 2.45) is 0 Å². The first-order chi connectivity index (χ1) is 29.1. The number of carbonyl (C=O) groups is 2. The van der Waals surface area contributed by atoms with E-state index in [1.54, 1.807) is 32.4 Å². The third-order valence-corrected chi connectivity index (χ3v) is 8.94. The molecule has 0 saturated carbocycles. The quantitative estimate of drug-likeness (QED) is 0.0696. The molecule has 15 nitrogen and oxygen atoms in total. The fraction of sp³-hybridized carbons (Fsp3) is 0.311. The number of benzene rings is 4. The topological polar surface area (TPSA) is 151 Å². The van der Waals surface area contributed by atoms with Gasteiger partial charge in [0.15, 0.2) is 13.6 Å². The van der Waals surface area contributed by atoms with E-state index >= 15 is 0 Å². The van der Waals surface area contributed by atoms with Crippen LogP contribution in [-0.4, -0.2) is 85.7 Å². The summed E-state index contributed by atoms with van der Waals surface area (Å²) >= 11 is 0. The summed E-state index contributed by atoms with van der Waals surface area (Å²) in [6.45, 7) is -0.242. The fourth-order valence-corrected chi connectivity index (χ4v) is 5.65. The van der Waals surface area contributed by atoms with Gasteiger partial charge in [-0.1, -0.05) is 54.6 Å². The highest BCUT2D eigenvalue weighted by Gasteiger charge is 2.19. The van der Waals surface area contributed by atoms with Gasteiger partial charge in [-0.3, -0.25) is 0 Å². The lowest BCUT2D eigenvalue weighted by Crippen LogP contribution is -2.30. The molecule has 0 radical (unpaired) electrons. The number of alkyl carbamates (subject to hydrolysis) is 2. The molecule has 0 bridgehead atoms. The zero-order chi connectivity index (χ0) is 42.7. The number of hydrogen-bond acceptors (Lipinski definition) is 13. The summed E-state index contributed by atoms with van der Waals surface area (Å²) in [6, 6.07) is 35.5. The molecule has 0 aliphatic carbocycles. The highest BCUT2D eigenvalue weighted by Crippen LogP contribution is 2.22. The Hall–Kier alpha value is -6.71. The zero-order valence-corrected chi connectivity index (χ0v) is 34.8. The summed E-state index contributed by atoms with van der Waals surface area (Å²) in [4.78, 5) is 33.7. The lowest BCUT2D eigenvalue weighted by Gasteiger charge is -2.21. The first-order valence-corrected chi connectivity index (χ1v) is 19.2. The molecular weight excluding hydrogens is 771 g/mol. The minimum Gasteiger partial charge on any atom is -0.497 e. The van der Waals surface area contributed by atoms with Crippen LogP contribution >= 0.6 is 0 Å². The van der Waals surface area contributed by atoms with Crippen LogP contribution in [-0.2, 0) is 44.9 Å². The van der Waals surface area contributed by atoms with Crippen LogP contribution in [0.25, 0.3) is 0 Å². The van der Waals surface area contributed by atoms with Crippen LogP contribution in [0.3, 0.4) is 0 Å². The summed E-state index contributed by atoms with van der Waals surface area (Å²) in [5.74, 6) is 1.65. The van der Waals surface area contributed by atoms with Crippen molar-refractivity contribution < 1.29 is 47.5 Å². The third kappa shape index (κ3) is 14.9. The van der Waals surface area contributed by atoms with Gasteiger partial charge in [-0.25, -0.2) is 9.59 Å². The fourth-order valence-electron chi connectivity index (χ4n) is 5.65. The Morgan fingerprint density at radius 1 is 0.550 bits per heavy atom. The van der Waals surface area contributed by atoms with E-state index in [1.165, 1.54) is 0 Å². The lowest BCUT2D eigenvalue weighted by molar-refractivity contribution is -0.141. The average molecular weight is 824 g/mol. The van der Waals surface area contributed by atoms with Crippen LogP contribution in [0.15, 0.2) is 115 Å². The number of hydrogen-bond donors (Lipinski definition) is 2. The zero-order valence-electron chi connectivity index (χ0n) is 34.8. The van der Waals surface area contributed by atoms with E-state index in [9.17, 15) is 9.59 Å². The average Bonchev–Trinajstić information content (AvgIpc) is 3.25. The molecule has 0 spiro atoms. The minimum atomic E-state index is -0.937. The second-order valence-corrected chi connectivity index (χ2v) is 13.8. The third-order valence-electron chi connectivity index (χ3n) is 8.94. The predicted octanol–water partition coefficient (Wildman–Crippen LogP) is 6.93. The number of amides is 2. The Morgan fingerprint density at radius 3 is 1.33 bits per heavy atom. The molecule has 5 aromatic rings. The van der Waals surface area contributed by atoms with Gasteiger partial charge in [0.25, 0.3) is 0 Å². The molecule has 2 N–H and O–H groups in total. The van der Waals surface area contributed by atoms with Crippen molar-refractivity contribution in [2.75, 3.05) is 65.8 Å². The number of rotatable bonds is 22. The van der Waals surface area contributed by atoms with E-state index in [0.717, 1.165) is 33.6 Å². The Bertz CT molecular complexity index is 1940. The molecule has 0 aliphatic rings. The minimum absolute atomic E-state index is 0.167. The summed E-state index contributed by atoms with van der Waals surface area (Å²) in [7, 11) is 11.0. The van der Waals surface area contributed by atoms with Gasteiger partial charge in [0, 0.05) is 77.6 Å². The largest absolute Gasteiger partial charge is 0.497 e. The Morgan fingerprint density at radius 2 is 0.950 bits per heavy atom. The van der Waals surface area contributed by atoms with Gasteiger partial charge in [0.2, 0.25) is 24.3 Å². The van der Waals surface area contributed by atoms with Crippen molar-refractivity contribution in [2.45, 2.75) is 38.5 Å². The van der Waals surface area contributed by atoms with Gasteiger partial charge >= 0.3 is 12.2 Å². The SMILES string of the molecule is COc1cccc(CC(OCOC(=O)NCc2ccc(N(C)C)cc2)Oc2cccc(OC(Cc3cccc(OC)c3)OCOC(=O)NCc3ccc(N(C)C)cc3)n2)c1. The Labute approximate surface area is 351 Å². The van der Waals surface area contributed by atoms with Gasteiger partial charge < -0.3 is 58.3 Å². The second kappa shape index (κ2) is 23.0. The summed E-state index contributed by atoms with van der Waals surface area (Å²) in [5.41, 5.74) is 5.62. The van der Waals surface area contributed by atoms with Gasteiger partial charge in [0.1, 0.15) is 11.5 Å². The van der Waals surface area contributed by atoms with Crippen LogP contribution in [0, 0.1) is 0 Å². The number of nitrogens with one attached hydrogen (secondary N) is 2. The molecule has 2 amide bonds. The number of carbonyl (C=O) groups excluding carboxylic acids is 2. The number of pyridine rings is 1. The molecule has 0 saturated heterocycles. The molecule has 2 unspecified atom stereocenters. The van der Waals surface area contributed by atoms with Crippen LogP contribution < -0.4 is 39.4 Å². The molecule has 1 aromatic heterocycles.